The first-order chi connectivity index (χ1) is 8.20. The van der Waals surface area contributed by atoms with E-state index in [4.69, 9.17) is 4.74 Å². The van der Waals surface area contributed by atoms with Gasteiger partial charge < -0.3 is 4.74 Å². The highest BCUT2D eigenvalue weighted by Crippen LogP contribution is 2.14. The third-order valence-corrected chi connectivity index (χ3v) is 3.06. The molecule has 0 unspecified atom stereocenters. The van der Waals surface area contributed by atoms with Gasteiger partial charge in [-0.1, -0.05) is 11.8 Å². The van der Waals surface area contributed by atoms with Crippen molar-refractivity contribution in [2.24, 2.45) is 0 Å². The number of fused-ring (bicyclic) bond motifs is 1. The number of aromatic nitrogens is 4. The molecule has 2 heterocycles. The van der Waals surface area contributed by atoms with E-state index < -0.39 is 0 Å². The molecule has 0 bridgehead atoms. The molecule has 0 spiro atoms. The van der Waals surface area contributed by atoms with Crippen LogP contribution in [0.25, 0.3) is 5.78 Å². The summed E-state index contributed by atoms with van der Waals surface area (Å²) in [6.45, 7) is 7.43. The van der Waals surface area contributed by atoms with Crippen molar-refractivity contribution < 1.29 is 4.74 Å². The van der Waals surface area contributed by atoms with Crippen molar-refractivity contribution in [2.75, 3.05) is 19.0 Å². The molecule has 0 saturated heterocycles. The van der Waals surface area contributed by atoms with Gasteiger partial charge in [-0.05, 0) is 26.8 Å². The number of rotatable bonds is 5. The van der Waals surface area contributed by atoms with E-state index in [1.807, 2.05) is 26.8 Å². The van der Waals surface area contributed by atoms with Crippen molar-refractivity contribution in [1.29, 1.82) is 0 Å². The fourth-order valence-electron chi connectivity index (χ4n) is 1.55. The topological polar surface area (TPSA) is 52.3 Å². The fraction of sp³-hybridized carbons (Fsp3) is 0.545. The highest BCUT2D eigenvalue weighted by Gasteiger charge is 2.07. The molecule has 0 aromatic carbocycles. The second-order valence-corrected chi connectivity index (χ2v) is 4.75. The normalized spacial score (nSPS) is 11.2. The molecule has 92 valence electrons. The van der Waals surface area contributed by atoms with Crippen LogP contribution in [-0.2, 0) is 4.74 Å². The number of thioether (sulfide) groups is 1. The quantitative estimate of drug-likeness (QED) is 0.600. The van der Waals surface area contributed by atoms with Crippen molar-refractivity contribution in [3.8, 4) is 0 Å². The Bertz CT molecular complexity index is 511. The van der Waals surface area contributed by atoms with Gasteiger partial charge in [-0.3, -0.25) is 0 Å². The predicted octanol–water partition coefficient (Wildman–Crippen LogP) is 1.87. The van der Waals surface area contributed by atoms with Gasteiger partial charge in [0.1, 0.15) is 0 Å². The Morgan fingerprint density at radius 1 is 1.35 bits per heavy atom. The summed E-state index contributed by atoms with van der Waals surface area (Å²) in [4.78, 5) is 8.73. The zero-order valence-electron chi connectivity index (χ0n) is 10.3. The maximum Gasteiger partial charge on any atom is 0.253 e. The van der Waals surface area contributed by atoms with Crippen LogP contribution in [0.2, 0.25) is 0 Å². The van der Waals surface area contributed by atoms with E-state index in [-0.39, 0.29) is 0 Å². The molecular weight excluding hydrogens is 236 g/mol. The molecule has 2 aromatic heterocycles. The van der Waals surface area contributed by atoms with Gasteiger partial charge in [0.25, 0.3) is 5.78 Å². The van der Waals surface area contributed by atoms with Crippen molar-refractivity contribution in [2.45, 2.75) is 25.9 Å². The summed E-state index contributed by atoms with van der Waals surface area (Å²) < 4.78 is 7.05. The van der Waals surface area contributed by atoms with Gasteiger partial charge in [-0.2, -0.15) is 4.98 Å². The average molecular weight is 252 g/mol. The van der Waals surface area contributed by atoms with Gasteiger partial charge in [0.2, 0.25) is 5.16 Å². The van der Waals surface area contributed by atoms with Gasteiger partial charge in [0, 0.05) is 23.7 Å². The van der Waals surface area contributed by atoms with E-state index in [2.05, 4.69) is 15.1 Å². The molecule has 2 aromatic rings. The summed E-state index contributed by atoms with van der Waals surface area (Å²) >= 11 is 1.59. The van der Waals surface area contributed by atoms with Crippen LogP contribution in [0.1, 0.15) is 18.3 Å². The van der Waals surface area contributed by atoms with Crippen molar-refractivity contribution in [3.63, 3.8) is 0 Å². The number of nitrogens with zero attached hydrogens (tertiary/aromatic N) is 4. The van der Waals surface area contributed by atoms with Gasteiger partial charge in [-0.15, -0.1) is 5.10 Å². The van der Waals surface area contributed by atoms with Crippen molar-refractivity contribution in [3.05, 3.63) is 17.5 Å². The summed E-state index contributed by atoms with van der Waals surface area (Å²) in [5.41, 5.74) is 2.02. The molecule has 0 fully saturated rings. The van der Waals surface area contributed by atoms with Crippen LogP contribution in [0.5, 0.6) is 0 Å². The summed E-state index contributed by atoms with van der Waals surface area (Å²) in [5, 5.41) is 5.16. The standard InChI is InChI=1S/C11H16N4OS/c1-4-16-5-6-17-11-13-10-12-8(2)7-9(3)15(10)14-11/h7H,4-6H2,1-3H3. The van der Waals surface area contributed by atoms with E-state index in [1.54, 1.807) is 16.3 Å². The first-order valence-corrected chi connectivity index (χ1v) is 6.61. The number of ether oxygens (including phenoxy) is 1. The van der Waals surface area contributed by atoms with Crippen LogP contribution in [0, 0.1) is 13.8 Å². The lowest BCUT2D eigenvalue weighted by Gasteiger charge is -1.97. The maximum atomic E-state index is 5.27. The average Bonchev–Trinajstić information content (AvgIpc) is 2.67. The highest BCUT2D eigenvalue weighted by atomic mass is 32.2. The zero-order chi connectivity index (χ0) is 12.3. The molecule has 0 aliphatic heterocycles. The summed E-state index contributed by atoms with van der Waals surface area (Å²) in [6, 6.07) is 2.00. The highest BCUT2D eigenvalue weighted by molar-refractivity contribution is 7.99. The largest absolute Gasteiger partial charge is 0.381 e. The van der Waals surface area contributed by atoms with Crippen LogP contribution in [0.15, 0.2) is 11.2 Å². The summed E-state index contributed by atoms with van der Waals surface area (Å²) in [7, 11) is 0. The molecule has 0 atom stereocenters. The third kappa shape index (κ3) is 2.95. The van der Waals surface area contributed by atoms with Crippen LogP contribution in [0.4, 0.5) is 0 Å². The third-order valence-electron chi connectivity index (χ3n) is 2.26. The minimum Gasteiger partial charge on any atom is -0.381 e. The fourth-order valence-corrected chi connectivity index (χ4v) is 2.21. The molecule has 0 N–H and O–H groups in total. The molecule has 0 radical (unpaired) electrons. The molecular formula is C11H16N4OS. The van der Waals surface area contributed by atoms with Crippen LogP contribution < -0.4 is 0 Å². The lowest BCUT2D eigenvalue weighted by molar-refractivity contribution is 0.164. The Hall–Kier alpha value is -1.14. The lowest BCUT2D eigenvalue weighted by atomic mass is 10.4. The Balaban J connectivity index is 2.12. The zero-order valence-corrected chi connectivity index (χ0v) is 11.1. The SMILES string of the molecule is CCOCCSc1nc2nc(C)cc(C)n2n1. The lowest BCUT2D eigenvalue weighted by Crippen LogP contribution is -1.97. The minimum absolute atomic E-state index is 0.668. The molecule has 5 nitrogen and oxygen atoms in total. The monoisotopic (exact) mass is 252 g/mol. The Morgan fingerprint density at radius 2 is 2.18 bits per heavy atom. The second-order valence-electron chi connectivity index (χ2n) is 3.69. The van der Waals surface area contributed by atoms with Gasteiger partial charge in [-0.25, -0.2) is 9.50 Å². The van der Waals surface area contributed by atoms with Crippen LogP contribution in [0.3, 0.4) is 0 Å². The Labute approximate surface area is 105 Å². The second kappa shape index (κ2) is 5.46. The Morgan fingerprint density at radius 3 is 2.94 bits per heavy atom. The van der Waals surface area contributed by atoms with Gasteiger partial charge in [0.15, 0.2) is 0 Å². The van der Waals surface area contributed by atoms with Crippen molar-refractivity contribution in [1.82, 2.24) is 19.6 Å². The number of aryl methyl sites for hydroxylation is 2. The van der Waals surface area contributed by atoms with E-state index in [1.165, 1.54) is 0 Å². The summed E-state index contributed by atoms with van der Waals surface area (Å²) in [5.74, 6) is 1.53. The minimum atomic E-state index is 0.668. The van der Waals surface area contributed by atoms with E-state index in [0.717, 1.165) is 35.5 Å². The van der Waals surface area contributed by atoms with Gasteiger partial charge >= 0.3 is 0 Å². The molecule has 0 aliphatic carbocycles. The summed E-state index contributed by atoms with van der Waals surface area (Å²) in [6.07, 6.45) is 0. The molecule has 17 heavy (non-hydrogen) atoms. The molecule has 0 saturated carbocycles. The van der Waals surface area contributed by atoms with E-state index in [9.17, 15) is 0 Å². The van der Waals surface area contributed by atoms with E-state index >= 15 is 0 Å². The molecule has 6 heteroatoms. The Kier molecular flexibility index (Phi) is 3.96. The first kappa shape index (κ1) is 12.3. The number of hydrogen-bond acceptors (Lipinski definition) is 5. The van der Waals surface area contributed by atoms with Crippen molar-refractivity contribution >= 4 is 17.5 Å². The van der Waals surface area contributed by atoms with Gasteiger partial charge in [0.05, 0.1) is 6.61 Å². The smallest absolute Gasteiger partial charge is 0.253 e. The van der Waals surface area contributed by atoms with Crippen LogP contribution in [-0.4, -0.2) is 38.5 Å². The molecule has 0 amide bonds. The first-order valence-electron chi connectivity index (χ1n) is 5.62. The maximum absolute atomic E-state index is 5.27. The number of hydrogen-bond donors (Lipinski definition) is 0. The molecule has 2 rings (SSSR count). The van der Waals surface area contributed by atoms with Crippen LogP contribution >= 0.6 is 11.8 Å². The molecule has 0 aliphatic rings. The van der Waals surface area contributed by atoms with E-state index in [0.29, 0.717) is 5.78 Å². The predicted molar refractivity (Wildman–Crippen MR) is 67.5 cm³/mol.